The van der Waals surface area contributed by atoms with E-state index in [1.165, 1.54) is 0 Å². The molecule has 76 valence electrons. The lowest BCUT2D eigenvalue weighted by Gasteiger charge is -2.37. The highest BCUT2D eigenvalue weighted by molar-refractivity contribution is 5.15. The molecule has 0 aromatic heterocycles. The van der Waals surface area contributed by atoms with Crippen molar-refractivity contribution in [3.8, 4) is 0 Å². The number of aliphatic hydroxyl groups excluding tert-OH is 2. The Morgan fingerprint density at radius 2 is 1.92 bits per heavy atom. The van der Waals surface area contributed by atoms with Gasteiger partial charge in [0.2, 0.25) is 0 Å². The largest absolute Gasteiger partial charge is 0.390 e. The quantitative estimate of drug-likeness (QED) is 0.521. The molecule has 0 saturated heterocycles. The van der Waals surface area contributed by atoms with E-state index < -0.39 is 17.8 Å². The fraction of sp³-hybridized carbons (Fsp3) is 0.800. The van der Waals surface area contributed by atoms with Crippen molar-refractivity contribution in [2.45, 2.75) is 45.0 Å². The van der Waals surface area contributed by atoms with Crippen LogP contribution in [0, 0.1) is 5.92 Å². The maximum atomic E-state index is 9.72. The Balaban J connectivity index is 2.82. The minimum Gasteiger partial charge on any atom is -0.390 e. The Morgan fingerprint density at radius 1 is 1.38 bits per heavy atom. The molecule has 0 aromatic carbocycles. The molecule has 0 radical (unpaired) electrons. The predicted octanol–water partition coefficient (Wildman–Crippen LogP) is 0.445. The molecular weight excluding hydrogens is 168 g/mol. The van der Waals surface area contributed by atoms with Gasteiger partial charge in [-0.2, -0.15) is 0 Å². The molecule has 13 heavy (non-hydrogen) atoms. The Bertz CT molecular complexity index is 215. The summed E-state index contributed by atoms with van der Waals surface area (Å²) >= 11 is 0. The number of aliphatic hydroxyl groups is 3. The number of hydrogen-bond acceptors (Lipinski definition) is 3. The van der Waals surface area contributed by atoms with Gasteiger partial charge in [-0.3, -0.25) is 0 Å². The Hall–Kier alpha value is -0.380. The van der Waals surface area contributed by atoms with Gasteiger partial charge in [0.1, 0.15) is 0 Å². The molecule has 1 aliphatic rings. The topological polar surface area (TPSA) is 60.7 Å². The SMILES string of the molecule is CC1=C[C@@H](O)[C@H](C(C)(C)O)C[C@H]1O. The lowest BCUT2D eigenvalue weighted by Crippen LogP contribution is -2.43. The van der Waals surface area contributed by atoms with Crippen LogP contribution in [-0.4, -0.2) is 33.1 Å². The van der Waals surface area contributed by atoms with Crippen LogP contribution in [0.25, 0.3) is 0 Å². The number of hydrogen-bond donors (Lipinski definition) is 3. The van der Waals surface area contributed by atoms with Crippen molar-refractivity contribution >= 4 is 0 Å². The van der Waals surface area contributed by atoms with Gasteiger partial charge < -0.3 is 15.3 Å². The minimum atomic E-state index is -0.947. The summed E-state index contributed by atoms with van der Waals surface area (Å²) in [6.45, 7) is 5.10. The highest BCUT2D eigenvalue weighted by atomic mass is 16.3. The predicted molar refractivity (Wildman–Crippen MR) is 50.2 cm³/mol. The maximum absolute atomic E-state index is 9.72. The van der Waals surface area contributed by atoms with Gasteiger partial charge in [0.05, 0.1) is 17.8 Å². The zero-order chi connectivity index (χ0) is 10.2. The summed E-state index contributed by atoms with van der Waals surface area (Å²) < 4.78 is 0. The smallest absolute Gasteiger partial charge is 0.0780 e. The first kappa shape index (κ1) is 10.7. The fourth-order valence-electron chi connectivity index (χ4n) is 1.77. The molecule has 0 unspecified atom stereocenters. The average molecular weight is 186 g/mol. The first-order valence-electron chi connectivity index (χ1n) is 4.59. The van der Waals surface area contributed by atoms with E-state index in [1.807, 2.05) is 0 Å². The van der Waals surface area contributed by atoms with Crippen LogP contribution < -0.4 is 0 Å². The van der Waals surface area contributed by atoms with Gasteiger partial charge in [0.25, 0.3) is 0 Å². The van der Waals surface area contributed by atoms with E-state index >= 15 is 0 Å². The third kappa shape index (κ3) is 2.30. The van der Waals surface area contributed by atoms with E-state index in [0.717, 1.165) is 5.57 Å². The Kier molecular flexibility index (Phi) is 2.80. The molecular formula is C10H18O3. The van der Waals surface area contributed by atoms with Crippen LogP contribution in [0.2, 0.25) is 0 Å². The molecule has 1 aliphatic carbocycles. The van der Waals surface area contributed by atoms with Crippen molar-refractivity contribution < 1.29 is 15.3 Å². The van der Waals surface area contributed by atoms with E-state index in [9.17, 15) is 15.3 Å². The van der Waals surface area contributed by atoms with Gasteiger partial charge in [-0.15, -0.1) is 0 Å². The summed E-state index contributed by atoms with van der Waals surface area (Å²) in [5.41, 5.74) is -0.162. The number of rotatable bonds is 1. The monoisotopic (exact) mass is 186 g/mol. The van der Waals surface area contributed by atoms with Crippen molar-refractivity contribution in [1.29, 1.82) is 0 Å². The molecule has 0 fully saturated rings. The van der Waals surface area contributed by atoms with Crippen molar-refractivity contribution in [3.05, 3.63) is 11.6 Å². The van der Waals surface area contributed by atoms with Gasteiger partial charge in [-0.1, -0.05) is 6.08 Å². The second-order valence-corrected chi connectivity index (χ2v) is 4.41. The molecule has 0 saturated carbocycles. The van der Waals surface area contributed by atoms with Crippen LogP contribution in [0.3, 0.4) is 0 Å². The van der Waals surface area contributed by atoms with Crippen molar-refractivity contribution in [1.82, 2.24) is 0 Å². The zero-order valence-electron chi connectivity index (χ0n) is 8.36. The van der Waals surface area contributed by atoms with E-state index in [1.54, 1.807) is 26.8 Å². The lowest BCUT2D eigenvalue weighted by atomic mass is 9.77. The summed E-state index contributed by atoms with van der Waals surface area (Å²) in [6, 6.07) is 0. The van der Waals surface area contributed by atoms with Crippen LogP contribution in [-0.2, 0) is 0 Å². The summed E-state index contributed by atoms with van der Waals surface area (Å²) in [7, 11) is 0. The van der Waals surface area contributed by atoms with Gasteiger partial charge >= 0.3 is 0 Å². The second kappa shape index (κ2) is 3.40. The van der Waals surface area contributed by atoms with Crippen molar-refractivity contribution in [2.24, 2.45) is 5.92 Å². The molecule has 3 heteroatoms. The van der Waals surface area contributed by atoms with Crippen molar-refractivity contribution in [2.75, 3.05) is 0 Å². The van der Waals surface area contributed by atoms with Crippen LogP contribution in [0.1, 0.15) is 27.2 Å². The molecule has 3 N–H and O–H groups in total. The summed E-state index contributed by atoms with van der Waals surface area (Å²) in [4.78, 5) is 0. The molecule has 1 rings (SSSR count). The van der Waals surface area contributed by atoms with Crippen LogP contribution in [0.15, 0.2) is 11.6 Å². The molecule has 0 bridgehead atoms. The molecule has 3 nitrogen and oxygen atoms in total. The average Bonchev–Trinajstić information content (AvgIpc) is 1.94. The van der Waals surface area contributed by atoms with E-state index in [0.29, 0.717) is 6.42 Å². The normalized spacial score (nSPS) is 35.8. The van der Waals surface area contributed by atoms with Gasteiger partial charge in [-0.25, -0.2) is 0 Å². The first-order valence-corrected chi connectivity index (χ1v) is 4.59. The highest BCUT2D eigenvalue weighted by Crippen LogP contribution is 2.32. The fourth-order valence-corrected chi connectivity index (χ4v) is 1.77. The third-order valence-corrected chi connectivity index (χ3v) is 2.76. The zero-order valence-corrected chi connectivity index (χ0v) is 8.36. The summed E-state index contributed by atoms with van der Waals surface area (Å²) in [5, 5.41) is 28.9. The standard InChI is InChI=1S/C10H18O3/c1-6-4-9(12)7(5-8(6)11)10(2,3)13/h4,7-9,11-13H,5H2,1-3H3/t7-,8-,9-/m1/s1. The van der Waals surface area contributed by atoms with Crippen LogP contribution in [0.4, 0.5) is 0 Å². The van der Waals surface area contributed by atoms with E-state index in [4.69, 9.17) is 0 Å². The Labute approximate surface area is 78.7 Å². The summed E-state index contributed by atoms with van der Waals surface area (Å²) in [6.07, 6.45) is 0.868. The Morgan fingerprint density at radius 3 is 2.38 bits per heavy atom. The first-order chi connectivity index (χ1) is 5.82. The molecule has 0 aromatic rings. The molecule has 0 heterocycles. The van der Waals surface area contributed by atoms with Gasteiger partial charge in [0.15, 0.2) is 0 Å². The lowest BCUT2D eigenvalue weighted by molar-refractivity contribution is -0.0542. The maximum Gasteiger partial charge on any atom is 0.0780 e. The third-order valence-electron chi connectivity index (χ3n) is 2.76. The van der Waals surface area contributed by atoms with Crippen LogP contribution in [0.5, 0.6) is 0 Å². The van der Waals surface area contributed by atoms with Crippen molar-refractivity contribution in [3.63, 3.8) is 0 Å². The molecule has 3 atom stereocenters. The minimum absolute atomic E-state index is 0.286. The molecule has 0 aliphatic heterocycles. The highest BCUT2D eigenvalue weighted by Gasteiger charge is 2.36. The second-order valence-electron chi connectivity index (χ2n) is 4.41. The van der Waals surface area contributed by atoms with E-state index in [2.05, 4.69) is 0 Å². The van der Waals surface area contributed by atoms with Gasteiger partial charge in [-0.05, 0) is 32.8 Å². The van der Waals surface area contributed by atoms with Gasteiger partial charge in [0, 0.05) is 5.92 Å². The molecule has 0 spiro atoms. The van der Waals surface area contributed by atoms with Crippen LogP contribution >= 0.6 is 0 Å². The molecule has 0 amide bonds. The van der Waals surface area contributed by atoms with E-state index in [-0.39, 0.29) is 5.92 Å². The summed E-state index contributed by atoms with van der Waals surface area (Å²) in [5.74, 6) is -0.286.